The highest BCUT2D eigenvalue weighted by molar-refractivity contribution is 5.87. The summed E-state index contributed by atoms with van der Waals surface area (Å²) in [5.41, 5.74) is -1.13. The molecule has 0 aliphatic rings. The Labute approximate surface area is 104 Å². The van der Waals surface area contributed by atoms with E-state index in [2.05, 4.69) is 14.7 Å². The molecule has 1 aromatic rings. The van der Waals surface area contributed by atoms with Crippen molar-refractivity contribution in [2.75, 3.05) is 19.1 Å². The predicted molar refractivity (Wildman–Crippen MR) is 63.5 cm³/mol. The van der Waals surface area contributed by atoms with Gasteiger partial charge >= 0.3 is 11.9 Å². The maximum absolute atomic E-state index is 11.3. The van der Waals surface area contributed by atoms with Crippen molar-refractivity contribution in [2.45, 2.75) is 19.4 Å². The van der Waals surface area contributed by atoms with Gasteiger partial charge in [0.1, 0.15) is 11.4 Å². The molecule has 0 aliphatic carbocycles. The lowest BCUT2D eigenvalue weighted by molar-refractivity contribution is -0.142. The first-order valence-electron chi connectivity index (χ1n) is 5.18. The molecule has 0 spiro atoms. The Hall–Kier alpha value is -2.18. The second-order valence-electron chi connectivity index (χ2n) is 4.18. The maximum atomic E-state index is 11.3. The summed E-state index contributed by atoms with van der Waals surface area (Å²) in [7, 11) is 2.81. The van der Waals surface area contributed by atoms with E-state index < -0.39 is 17.5 Å². The van der Waals surface area contributed by atoms with E-state index in [1.807, 2.05) is 0 Å². The van der Waals surface area contributed by atoms with Crippen LogP contribution in [0.1, 0.15) is 24.3 Å². The lowest BCUT2D eigenvalue weighted by Crippen LogP contribution is -2.48. The number of carboxylic acids is 1. The quantitative estimate of drug-likeness (QED) is 0.784. The van der Waals surface area contributed by atoms with Crippen molar-refractivity contribution in [3.05, 3.63) is 18.1 Å². The number of aromatic nitrogens is 2. The fourth-order valence-electron chi connectivity index (χ4n) is 1.15. The standard InChI is InChI=1S/C11H15N3O4/c1-11(2,10(16)17)14(3)8-6-12-5-7(13-8)9(15)18-4/h5-6H,1-4H3,(H,16,17). The number of carbonyl (C=O) groups excluding carboxylic acids is 1. The molecule has 98 valence electrons. The maximum Gasteiger partial charge on any atom is 0.358 e. The highest BCUT2D eigenvalue weighted by atomic mass is 16.5. The molecule has 7 nitrogen and oxygen atoms in total. The molecule has 1 heterocycles. The molecule has 0 aliphatic heterocycles. The molecule has 0 saturated heterocycles. The zero-order chi connectivity index (χ0) is 13.9. The number of rotatable bonds is 4. The number of methoxy groups -OCH3 is 1. The molecule has 0 atom stereocenters. The van der Waals surface area contributed by atoms with Crippen LogP contribution in [-0.2, 0) is 9.53 Å². The molecule has 1 rings (SSSR count). The smallest absolute Gasteiger partial charge is 0.358 e. The molecule has 0 unspecified atom stereocenters. The van der Waals surface area contributed by atoms with E-state index in [0.717, 1.165) is 0 Å². The molecule has 0 bridgehead atoms. The van der Waals surface area contributed by atoms with Crippen LogP contribution in [-0.4, -0.2) is 46.7 Å². The van der Waals surface area contributed by atoms with Crippen LogP contribution in [0.2, 0.25) is 0 Å². The topological polar surface area (TPSA) is 92.6 Å². The van der Waals surface area contributed by atoms with Gasteiger partial charge in [-0.1, -0.05) is 0 Å². The van der Waals surface area contributed by atoms with E-state index in [-0.39, 0.29) is 11.5 Å². The van der Waals surface area contributed by atoms with Gasteiger partial charge in [0.05, 0.1) is 19.5 Å². The third-order valence-electron chi connectivity index (χ3n) is 2.72. The number of ether oxygens (including phenoxy) is 1. The van der Waals surface area contributed by atoms with Gasteiger partial charge < -0.3 is 14.7 Å². The van der Waals surface area contributed by atoms with Gasteiger partial charge in [0, 0.05) is 7.05 Å². The van der Waals surface area contributed by atoms with Crippen molar-refractivity contribution < 1.29 is 19.4 Å². The molecular weight excluding hydrogens is 238 g/mol. The van der Waals surface area contributed by atoms with E-state index in [9.17, 15) is 9.59 Å². The summed E-state index contributed by atoms with van der Waals surface area (Å²) < 4.78 is 4.53. The lowest BCUT2D eigenvalue weighted by Gasteiger charge is -2.32. The second kappa shape index (κ2) is 4.99. The van der Waals surface area contributed by atoms with Crippen molar-refractivity contribution in [3.63, 3.8) is 0 Å². The van der Waals surface area contributed by atoms with E-state index in [0.29, 0.717) is 0 Å². The van der Waals surface area contributed by atoms with Gasteiger partial charge in [0.15, 0.2) is 5.69 Å². The van der Waals surface area contributed by atoms with Crippen molar-refractivity contribution in [1.29, 1.82) is 0 Å². The Morgan fingerprint density at radius 2 is 2.00 bits per heavy atom. The highest BCUT2D eigenvalue weighted by Gasteiger charge is 2.33. The van der Waals surface area contributed by atoms with E-state index in [4.69, 9.17) is 5.11 Å². The van der Waals surface area contributed by atoms with Crippen molar-refractivity contribution in [2.24, 2.45) is 0 Å². The van der Waals surface area contributed by atoms with Crippen molar-refractivity contribution in [1.82, 2.24) is 9.97 Å². The summed E-state index contributed by atoms with van der Waals surface area (Å²) in [5.74, 6) is -1.34. The SMILES string of the molecule is COC(=O)c1cncc(N(C)C(C)(C)C(=O)O)n1. The number of hydrogen-bond donors (Lipinski definition) is 1. The highest BCUT2D eigenvalue weighted by Crippen LogP contribution is 2.19. The number of aliphatic carboxylic acids is 1. The number of likely N-dealkylation sites (N-methyl/N-ethyl adjacent to an activating group) is 1. The molecule has 0 fully saturated rings. The summed E-state index contributed by atoms with van der Waals surface area (Å²) in [5, 5.41) is 9.12. The van der Waals surface area contributed by atoms with Crippen LogP contribution in [0.3, 0.4) is 0 Å². The van der Waals surface area contributed by atoms with Crippen LogP contribution in [0.5, 0.6) is 0 Å². The van der Waals surface area contributed by atoms with Gasteiger partial charge in [0.2, 0.25) is 0 Å². The van der Waals surface area contributed by atoms with Gasteiger partial charge in [0.25, 0.3) is 0 Å². The van der Waals surface area contributed by atoms with Gasteiger partial charge in [-0.25, -0.2) is 14.6 Å². The Morgan fingerprint density at radius 3 is 2.50 bits per heavy atom. The Kier molecular flexibility index (Phi) is 3.85. The molecule has 0 amide bonds. The fourth-order valence-corrected chi connectivity index (χ4v) is 1.15. The van der Waals surface area contributed by atoms with Crippen molar-refractivity contribution >= 4 is 17.8 Å². The number of anilines is 1. The summed E-state index contributed by atoms with van der Waals surface area (Å²) >= 11 is 0. The minimum Gasteiger partial charge on any atom is -0.480 e. The number of carboxylic acid groups (broad SMARTS) is 1. The van der Waals surface area contributed by atoms with E-state index in [1.54, 1.807) is 7.05 Å². The largest absolute Gasteiger partial charge is 0.480 e. The molecule has 7 heteroatoms. The first kappa shape index (κ1) is 13.9. The van der Waals surface area contributed by atoms with Crippen LogP contribution < -0.4 is 4.90 Å². The molecule has 1 aromatic heterocycles. The Balaban J connectivity index is 3.11. The fraction of sp³-hybridized carbons (Fsp3) is 0.455. The third kappa shape index (κ3) is 2.55. The molecule has 0 radical (unpaired) electrons. The van der Waals surface area contributed by atoms with Crippen LogP contribution in [0, 0.1) is 0 Å². The molecular formula is C11H15N3O4. The van der Waals surface area contributed by atoms with Crippen molar-refractivity contribution in [3.8, 4) is 0 Å². The lowest BCUT2D eigenvalue weighted by atomic mass is 10.0. The molecule has 0 saturated carbocycles. The average molecular weight is 253 g/mol. The van der Waals surface area contributed by atoms with E-state index >= 15 is 0 Å². The Morgan fingerprint density at radius 1 is 1.39 bits per heavy atom. The van der Waals surface area contributed by atoms with Gasteiger partial charge in [-0.2, -0.15) is 0 Å². The molecule has 0 aromatic carbocycles. The zero-order valence-corrected chi connectivity index (χ0v) is 10.7. The van der Waals surface area contributed by atoms with E-state index in [1.165, 1.54) is 38.3 Å². The summed E-state index contributed by atoms with van der Waals surface area (Å²) in [6, 6.07) is 0. The van der Waals surface area contributed by atoms with Crippen LogP contribution in [0.25, 0.3) is 0 Å². The minimum absolute atomic E-state index is 0.0306. The molecule has 18 heavy (non-hydrogen) atoms. The summed E-state index contributed by atoms with van der Waals surface area (Å²) in [6.07, 6.45) is 2.65. The number of nitrogens with zero attached hydrogens (tertiary/aromatic N) is 3. The normalized spacial score (nSPS) is 10.9. The monoisotopic (exact) mass is 253 g/mol. The minimum atomic E-state index is -1.16. The Bertz CT molecular complexity index is 473. The summed E-state index contributed by atoms with van der Waals surface area (Å²) in [4.78, 5) is 31.7. The number of carbonyl (C=O) groups is 2. The van der Waals surface area contributed by atoms with Gasteiger partial charge in [-0.15, -0.1) is 0 Å². The number of hydrogen-bond acceptors (Lipinski definition) is 6. The van der Waals surface area contributed by atoms with Gasteiger partial charge in [-0.05, 0) is 13.8 Å². The summed E-state index contributed by atoms with van der Waals surface area (Å²) in [6.45, 7) is 3.06. The average Bonchev–Trinajstić information content (AvgIpc) is 2.36. The van der Waals surface area contributed by atoms with Crippen LogP contribution >= 0.6 is 0 Å². The zero-order valence-electron chi connectivity index (χ0n) is 10.7. The third-order valence-corrected chi connectivity index (χ3v) is 2.72. The van der Waals surface area contributed by atoms with Crippen LogP contribution in [0.4, 0.5) is 5.82 Å². The van der Waals surface area contributed by atoms with Crippen LogP contribution in [0.15, 0.2) is 12.4 Å². The number of esters is 1. The predicted octanol–water partition coefficient (Wildman–Crippen LogP) is 0.563. The first-order chi connectivity index (χ1) is 8.30. The first-order valence-corrected chi connectivity index (χ1v) is 5.18. The second-order valence-corrected chi connectivity index (χ2v) is 4.18. The van der Waals surface area contributed by atoms with Gasteiger partial charge in [-0.3, -0.25) is 4.98 Å². The molecule has 1 N–H and O–H groups in total.